The molecule has 0 saturated heterocycles. The van der Waals surface area contributed by atoms with Crippen LogP contribution >= 0.6 is 11.6 Å². The molecular weight excluding hydrogens is 275 g/mol. The van der Waals surface area contributed by atoms with Crippen molar-refractivity contribution in [2.24, 2.45) is 0 Å². The molecule has 6 nitrogen and oxygen atoms in total. The molecule has 1 aromatic heterocycles. The van der Waals surface area contributed by atoms with E-state index in [1.807, 2.05) is 6.92 Å². The lowest BCUT2D eigenvalue weighted by Crippen LogP contribution is -2.30. The number of nitrogens with zero attached hydrogens (tertiary/aromatic N) is 3. The summed E-state index contributed by atoms with van der Waals surface area (Å²) in [7, 11) is 1.58. The third-order valence-electron chi connectivity index (χ3n) is 2.43. The lowest BCUT2D eigenvalue weighted by atomic mass is 10.2. The second-order valence-electron chi connectivity index (χ2n) is 3.68. The molecule has 1 rings (SSSR count). The molecule has 19 heavy (non-hydrogen) atoms. The van der Waals surface area contributed by atoms with Crippen molar-refractivity contribution in [3.63, 3.8) is 0 Å². The first-order chi connectivity index (χ1) is 8.97. The normalized spacial score (nSPS) is 11.3. The molecule has 0 saturated carbocycles. The van der Waals surface area contributed by atoms with Crippen LogP contribution < -0.4 is 5.32 Å². The molecule has 0 amide bonds. The largest absolute Gasteiger partial charge is 0.370 e. The first-order valence-electron chi connectivity index (χ1n) is 5.55. The van der Waals surface area contributed by atoms with Gasteiger partial charge in [0.2, 0.25) is 0 Å². The molecule has 0 atom stereocenters. The summed E-state index contributed by atoms with van der Waals surface area (Å²) in [6.07, 6.45) is 2.30. The minimum absolute atomic E-state index is 0.193. The van der Waals surface area contributed by atoms with E-state index in [4.69, 9.17) is 11.6 Å². The van der Waals surface area contributed by atoms with E-state index < -0.39 is 10.7 Å². The van der Waals surface area contributed by atoms with E-state index in [2.05, 4.69) is 10.3 Å². The van der Waals surface area contributed by atoms with Crippen molar-refractivity contribution >= 4 is 11.6 Å². The topological polar surface area (TPSA) is 71.3 Å². The van der Waals surface area contributed by atoms with Gasteiger partial charge in [0.1, 0.15) is 0 Å². The molecule has 104 valence electrons. The highest BCUT2D eigenvalue weighted by Crippen LogP contribution is 2.14. The Kier molecular flexibility index (Phi) is 5.50. The number of pyridine rings is 1. The van der Waals surface area contributed by atoms with E-state index in [9.17, 15) is 14.5 Å². The van der Waals surface area contributed by atoms with Gasteiger partial charge in [-0.3, -0.25) is 10.1 Å². The second-order valence-corrected chi connectivity index (χ2v) is 4.04. The van der Waals surface area contributed by atoms with Gasteiger partial charge < -0.3 is 10.2 Å². The van der Waals surface area contributed by atoms with Gasteiger partial charge in [-0.25, -0.2) is 9.37 Å². The molecule has 1 heterocycles. The molecule has 0 aliphatic heterocycles. The fourth-order valence-corrected chi connectivity index (χ4v) is 1.64. The van der Waals surface area contributed by atoms with Crippen LogP contribution in [0.1, 0.15) is 12.5 Å². The van der Waals surface area contributed by atoms with E-state index in [1.165, 1.54) is 12.3 Å². The Morgan fingerprint density at radius 3 is 2.89 bits per heavy atom. The van der Waals surface area contributed by atoms with Gasteiger partial charge in [-0.2, -0.15) is 0 Å². The van der Waals surface area contributed by atoms with E-state index in [1.54, 1.807) is 11.9 Å². The standard InChI is InChI=1S/C11H14ClFN4O2/c1-3-16(10(14-2)7-17(18)19)6-8-4-9(13)11(12)15-5-8/h4-5,7,14H,3,6H2,1-2H3/b10-7+. The number of nitro groups is 1. The first-order valence-corrected chi connectivity index (χ1v) is 5.93. The number of nitrogens with one attached hydrogen (secondary N) is 1. The van der Waals surface area contributed by atoms with E-state index in [-0.39, 0.29) is 11.7 Å². The lowest BCUT2D eigenvalue weighted by molar-refractivity contribution is -0.404. The van der Waals surface area contributed by atoms with Crippen molar-refractivity contribution in [2.45, 2.75) is 13.5 Å². The monoisotopic (exact) mass is 288 g/mol. The van der Waals surface area contributed by atoms with Crippen LogP contribution in [0.25, 0.3) is 0 Å². The van der Waals surface area contributed by atoms with Crippen LogP contribution in [0.2, 0.25) is 5.15 Å². The van der Waals surface area contributed by atoms with Crippen LogP contribution in [0.3, 0.4) is 0 Å². The SMILES string of the molecule is CCN(Cc1cnc(Cl)c(F)c1)/C(=C/[N+](=O)[O-])NC. The third-order valence-corrected chi connectivity index (χ3v) is 2.71. The van der Waals surface area contributed by atoms with Gasteiger partial charge in [-0.15, -0.1) is 0 Å². The average Bonchev–Trinajstić information content (AvgIpc) is 2.37. The van der Waals surface area contributed by atoms with Crippen LogP contribution in [0.15, 0.2) is 24.3 Å². The maximum Gasteiger partial charge on any atom is 0.274 e. The van der Waals surface area contributed by atoms with Crippen LogP contribution in [0, 0.1) is 15.9 Å². The van der Waals surface area contributed by atoms with Gasteiger partial charge in [-0.05, 0) is 18.6 Å². The average molecular weight is 289 g/mol. The summed E-state index contributed by atoms with van der Waals surface area (Å²) in [6.45, 7) is 2.65. The summed E-state index contributed by atoms with van der Waals surface area (Å²) in [5, 5.41) is 13.1. The summed E-state index contributed by atoms with van der Waals surface area (Å²) < 4.78 is 13.3. The van der Waals surface area contributed by atoms with Gasteiger partial charge in [0.05, 0.1) is 4.92 Å². The Hall–Kier alpha value is -1.89. The highest BCUT2D eigenvalue weighted by atomic mass is 35.5. The number of hydrogen-bond acceptors (Lipinski definition) is 5. The summed E-state index contributed by atoms with van der Waals surface area (Å²) in [5.74, 6) is -0.276. The minimum atomic E-state index is -0.612. The van der Waals surface area contributed by atoms with Crippen molar-refractivity contribution in [3.8, 4) is 0 Å². The number of rotatable bonds is 6. The zero-order chi connectivity index (χ0) is 14.4. The molecule has 0 radical (unpaired) electrons. The predicted molar refractivity (Wildman–Crippen MR) is 69.4 cm³/mol. The highest BCUT2D eigenvalue weighted by molar-refractivity contribution is 6.29. The smallest absolute Gasteiger partial charge is 0.274 e. The molecule has 0 spiro atoms. The first kappa shape index (κ1) is 15.2. The Balaban J connectivity index is 2.92. The molecule has 1 N–H and O–H groups in total. The fraction of sp³-hybridized carbons (Fsp3) is 0.364. The van der Waals surface area contributed by atoms with Gasteiger partial charge in [-0.1, -0.05) is 11.6 Å². The number of aromatic nitrogens is 1. The molecule has 1 aromatic rings. The van der Waals surface area contributed by atoms with Gasteiger partial charge in [0.25, 0.3) is 6.20 Å². The van der Waals surface area contributed by atoms with Crippen LogP contribution in [0.4, 0.5) is 4.39 Å². The maximum absolute atomic E-state index is 13.3. The quantitative estimate of drug-likeness (QED) is 0.492. The van der Waals surface area contributed by atoms with Crippen molar-refractivity contribution in [1.82, 2.24) is 15.2 Å². The number of halogens is 2. The summed E-state index contributed by atoms with van der Waals surface area (Å²) >= 11 is 5.50. The fourth-order valence-electron chi connectivity index (χ4n) is 1.54. The lowest BCUT2D eigenvalue weighted by Gasteiger charge is -2.23. The van der Waals surface area contributed by atoms with Gasteiger partial charge >= 0.3 is 0 Å². The van der Waals surface area contributed by atoms with Crippen molar-refractivity contribution < 1.29 is 9.31 Å². The van der Waals surface area contributed by atoms with Crippen LogP contribution in [-0.2, 0) is 6.54 Å². The summed E-state index contributed by atoms with van der Waals surface area (Å²) in [6, 6.07) is 1.26. The summed E-state index contributed by atoms with van der Waals surface area (Å²) in [4.78, 5) is 15.4. The molecule has 8 heteroatoms. The van der Waals surface area contributed by atoms with Crippen molar-refractivity contribution in [1.29, 1.82) is 0 Å². The Morgan fingerprint density at radius 1 is 1.74 bits per heavy atom. The zero-order valence-electron chi connectivity index (χ0n) is 10.6. The van der Waals surface area contributed by atoms with Gasteiger partial charge in [0.15, 0.2) is 16.8 Å². The van der Waals surface area contributed by atoms with E-state index in [0.717, 1.165) is 6.20 Å². The molecule has 0 aromatic carbocycles. The third kappa shape index (κ3) is 4.36. The Bertz CT molecular complexity index is 496. The molecule has 0 bridgehead atoms. The van der Waals surface area contributed by atoms with E-state index >= 15 is 0 Å². The Morgan fingerprint density at radius 2 is 2.42 bits per heavy atom. The summed E-state index contributed by atoms with van der Waals surface area (Å²) in [5.41, 5.74) is 0.577. The predicted octanol–water partition coefficient (Wildman–Crippen LogP) is 1.99. The van der Waals surface area contributed by atoms with Gasteiger partial charge in [0, 0.05) is 26.3 Å². The van der Waals surface area contributed by atoms with Crippen LogP contribution in [0.5, 0.6) is 0 Å². The van der Waals surface area contributed by atoms with Crippen molar-refractivity contribution in [3.05, 3.63) is 50.9 Å². The van der Waals surface area contributed by atoms with E-state index in [0.29, 0.717) is 17.9 Å². The Labute approximate surface area is 115 Å². The molecule has 0 aliphatic carbocycles. The minimum Gasteiger partial charge on any atom is -0.370 e. The zero-order valence-corrected chi connectivity index (χ0v) is 11.3. The second kappa shape index (κ2) is 6.89. The molecular formula is C11H14ClFN4O2. The highest BCUT2D eigenvalue weighted by Gasteiger charge is 2.12. The maximum atomic E-state index is 13.3. The molecule has 0 fully saturated rings. The molecule has 0 aliphatic rings. The van der Waals surface area contributed by atoms with Crippen LogP contribution in [-0.4, -0.2) is 28.4 Å². The molecule has 0 unspecified atom stereocenters. The van der Waals surface area contributed by atoms with Crippen molar-refractivity contribution in [2.75, 3.05) is 13.6 Å². The number of hydrogen-bond donors (Lipinski definition) is 1.